The van der Waals surface area contributed by atoms with Crippen LogP contribution in [-0.4, -0.2) is 36.6 Å². The van der Waals surface area contributed by atoms with Gasteiger partial charge in [-0.2, -0.15) is 0 Å². The molecule has 0 amide bonds. The number of nitrogens with zero attached hydrogens (tertiary/aromatic N) is 2. The number of hydrogen-bond donors (Lipinski definition) is 0. The highest BCUT2D eigenvalue weighted by atomic mass is 16.6. The zero-order chi connectivity index (χ0) is 12.1. The molecule has 0 aromatic heterocycles. The van der Waals surface area contributed by atoms with E-state index in [1.54, 1.807) is 12.1 Å². The average Bonchev–Trinajstić information content (AvgIpc) is 2.26. The number of non-ortho nitro benzene ring substituents is 1. The zero-order valence-corrected chi connectivity index (χ0v) is 9.71. The third-order valence-electron chi connectivity index (χ3n) is 2.40. The summed E-state index contributed by atoms with van der Waals surface area (Å²) >= 11 is 0. The number of benzene rings is 1. The van der Waals surface area contributed by atoms with Crippen LogP contribution in [0, 0.1) is 10.1 Å². The Labute approximate surface area is 94.8 Å². The maximum atomic E-state index is 10.5. The fraction of sp³-hybridized carbons (Fsp3) is 0.455. The third-order valence-corrected chi connectivity index (χ3v) is 2.40. The maximum absolute atomic E-state index is 10.5. The second kappa shape index (κ2) is 5.46. The van der Waals surface area contributed by atoms with Crippen LogP contribution in [0.3, 0.4) is 0 Å². The number of hydrogen-bond acceptors (Lipinski definition) is 4. The van der Waals surface area contributed by atoms with Crippen LogP contribution in [0.5, 0.6) is 5.75 Å². The van der Waals surface area contributed by atoms with Gasteiger partial charge in [0.2, 0.25) is 0 Å². The summed E-state index contributed by atoms with van der Waals surface area (Å²) in [4.78, 5) is 12.1. The first-order chi connectivity index (χ1) is 7.50. The fourth-order valence-corrected chi connectivity index (χ4v) is 1.05. The van der Waals surface area contributed by atoms with Gasteiger partial charge >= 0.3 is 0 Å². The van der Waals surface area contributed by atoms with E-state index in [0.29, 0.717) is 12.4 Å². The molecular formula is C11H16N2O3. The molecule has 5 heteroatoms. The Morgan fingerprint density at radius 3 is 2.75 bits per heavy atom. The number of likely N-dealkylation sites (N-methyl/N-ethyl adjacent to an activating group) is 1. The molecular weight excluding hydrogens is 208 g/mol. The van der Waals surface area contributed by atoms with Crippen molar-refractivity contribution in [2.24, 2.45) is 0 Å². The lowest BCUT2D eigenvalue weighted by molar-refractivity contribution is -0.384. The van der Waals surface area contributed by atoms with Crippen molar-refractivity contribution in [2.75, 3.05) is 20.7 Å². The molecule has 1 atom stereocenters. The van der Waals surface area contributed by atoms with E-state index in [0.717, 1.165) is 0 Å². The van der Waals surface area contributed by atoms with E-state index in [2.05, 4.69) is 0 Å². The van der Waals surface area contributed by atoms with E-state index < -0.39 is 4.92 Å². The highest BCUT2D eigenvalue weighted by Crippen LogP contribution is 2.19. The van der Waals surface area contributed by atoms with Gasteiger partial charge in [-0.3, -0.25) is 10.1 Å². The molecule has 0 radical (unpaired) electrons. The molecule has 1 aromatic rings. The Hall–Kier alpha value is -1.62. The van der Waals surface area contributed by atoms with E-state index in [1.165, 1.54) is 12.1 Å². The van der Waals surface area contributed by atoms with E-state index in [4.69, 9.17) is 4.74 Å². The number of nitro benzene ring substituents is 1. The molecule has 0 saturated carbocycles. The van der Waals surface area contributed by atoms with Crippen molar-refractivity contribution >= 4 is 5.69 Å². The Morgan fingerprint density at radius 2 is 2.19 bits per heavy atom. The molecule has 88 valence electrons. The Kier molecular flexibility index (Phi) is 4.25. The van der Waals surface area contributed by atoms with Crippen LogP contribution in [0.15, 0.2) is 24.3 Å². The predicted octanol–water partition coefficient (Wildman–Crippen LogP) is 1.92. The van der Waals surface area contributed by atoms with Crippen molar-refractivity contribution in [1.82, 2.24) is 4.90 Å². The molecule has 0 spiro atoms. The van der Waals surface area contributed by atoms with Gasteiger partial charge in [0.1, 0.15) is 12.4 Å². The first kappa shape index (κ1) is 12.4. The Morgan fingerprint density at radius 1 is 1.50 bits per heavy atom. The van der Waals surface area contributed by atoms with Crippen LogP contribution in [0.25, 0.3) is 0 Å². The van der Waals surface area contributed by atoms with Crippen LogP contribution in [-0.2, 0) is 0 Å². The molecule has 0 aliphatic carbocycles. The molecule has 0 N–H and O–H groups in total. The minimum absolute atomic E-state index is 0.0509. The first-order valence-electron chi connectivity index (χ1n) is 5.04. The SMILES string of the molecule is CC(COc1cccc([N+](=O)[O-])c1)N(C)C. The summed E-state index contributed by atoms with van der Waals surface area (Å²) < 4.78 is 5.47. The lowest BCUT2D eigenvalue weighted by Crippen LogP contribution is -2.30. The molecule has 0 aliphatic rings. The van der Waals surface area contributed by atoms with Gasteiger partial charge < -0.3 is 9.64 Å². The van der Waals surface area contributed by atoms with E-state index in [-0.39, 0.29) is 11.7 Å². The third kappa shape index (κ3) is 3.51. The number of ether oxygens (including phenoxy) is 1. The first-order valence-corrected chi connectivity index (χ1v) is 5.04. The summed E-state index contributed by atoms with van der Waals surface area (Å²) in [5.41, 5.74) is 0.0509. The van der Waals surface area contributed by atoms with Crippen LogP contribution in [0.2, 0.25) is 0 Å². The molecule has 16 heavy (non-hydrogen) atoms. The summed E-state index contributed by atoms with van der Waals surface area (Å²) in [6.07, 6.45) is 0. The van der Waals surface area contributed by atoms with Crippen LogP contribution < -0.4 is 4.74 Å². The zero-order valence-electron chi connectivity index (χ0n) is 9.71. The van der Waals surface area contributed by atoms with E-state index >= 15 is 0 Å². The molecule has 0 saturated heterocycles. The topological polar surface area (TPSA) is 55.6 Å². The highest BCUT2D eigenvalue weighted by molar-refractivity contribution is 5.37. The van der Waals surface area contributed by atoms with Crippen molar-refractivity contribution < 1.29 is 9.66 Å². The summed E-state index contributed by atoms with van der Waals surface area (Å²) in [6, 6.07) is 6.48. The highest BCUT2D eigenvalue weighted by Gasteiger charge is 2.08. The summed E-state index contributed by atoms with van der Waals surface area (Å²) in [5, 5.41) is 10.5. The van der Waals surface area contributed by atoms with Crippen molar-refractivity contribution in [1.29, 1.82) is 0 Å². The van der Waals surface area contributed by atoms with E-state index in [9.17, 15) is 10.1 Å². The maximum Gasteiger partial charge on any atom is 0.273 e. The van der Waals surface area contributed by atoms with Gasteiger partial charge in [0, 0.05) is 12.1 Å². The Balaban J connectivity index is 2.61. The second-order valence-electron chi connectivity index (χ2n) is 3.88. The van der Waals surface area contributed by atoms with E-state index in [1.807, 2.05) is 25.9 Å². The molecule has 0 fully saturated rings. The van der Waals surface area contributed by atoms with Gasteiger partial charge in [0.05, 0.1) is 11.0 Å². The normalized spacial score (nSPS) is 12.5. The van der Waals surface area contributed by atoms with Crippen molar-refractivity contribution in [3.63, 3.8) is 0 Å². The smallest absolute Gasteiger partial charge is 0.273 e. The summed E-state index contributed by atoms with van der Waals surface area (Å²) in [7, 11) is 3.92. The number of rotatable bonds is 5. The molecule has 0 aliphatic heterocycles. The lowest BCUT2D eigenvalue weighted by Gasteiger charge is -2.19. The predicted molar refractivity (Wildman–Crippen MR) is 61.7 cm³/mol. The molecule has 1 aromatic carbocycles. The van der Waals surface area contributed by atoms with Crippen LogP contribution >= 0.6 is 0 Å². The largest absolute Gasteiger partial charge is 0.492 e. The fourth-order valence-electron chi connectivity index (χ4n) is 1.05. The Bertz CT molecular complexity index is 366. The van der Waals surface area contributed by atoms with Crippen molar-refractivity contribution in [3.05, 3.63) is 34.4 Å². The van der Waals surface area contributed by atoms with Crippen LogP contribution in [0.4, 0.5) is 5.69 Å². The molecule has 0 heterocycles. The van der Waals surface area contributed by atoms with Crippen molar-refractivity contribution in [2.45, 2.75) is 13.0 Å². The van der Waals surface area contributed by atoms with Gasteiger partial charge in [-0.25, -0.2) is 0 Å². The molecule has 1 unspecified atom stereocenters. The summed E-state index contributed by atoms with van der Waals surface area (Å²) in [5.74, 6) is 0.530. The minimum Gasteiger partial charge on any atom is -0.492 e. The quantitative estimate of drug-likeness (QED) is 0.566. The monoisotopic (exact) mass is 224 g/mol. The van der Waals surface area contributed by atoms with Crippen LogP contribution in [0.1, 0.15) is 6.92 Å². The van der Waals surface area contributed by atoms with Gasteiger partial charge in [0.25, 0.3) is 5.69 Å². The standard InChI is InChI=1S/C11H16N2O3/c1-9(12(2)3)8-16-11-6-4-5-10(7-11)13(14)15/h4-7,9H,8H2,1-3H3. The summed E-state index contributed by atoms with van der Waals surface area (Å²) in [6.45, 7) is 2.53. The average molecular weight is 224 g/mol. The lowest BCUT2D eigenvalue weighted by atomic mass is 10.3. The molecule has 5 nitrogen and oxygen atoms in total. The molecule has 0 bridgehead atoms. The van der Waals surface area contributed by atoms with Gasteiger partial charge in [-0.05, 0) is 27.1 Å². The molecule has 1 rings (SSSR count). The van der Waals surface area contributed by atoms with Gasteiger partial charge in [-0.15, -0.1) is 0 Å². The van der Waals surface area contributed by atoms with Gasteiger partial charge in [-0.1, -0.05) is 6.07 Å². The second-order valence-corrected chi connectivity index (χ2v) is 3.88. The van der Waals surface area contributed by atoms with Gasteiger partial charge in [0.15, 0.2) is 0 Å². The number of nitro groups is 1. The minimum atomic E-state index is -0.428. The van der Waals surface area contributed by atoms with Crippen molar-refractivity contribution in [3.8, 4) is 5.75 Å².